The van der Waals surface area contributed by atoms with Gasteiger partial charge in [-0.25, -0.2) is 13.2 Å². The van der Waals surface area contributed by atoms with E-state index in [2.05, 4.69) is 5.32 Å². The van der Waals surface area contributed by atoms with Crippen molar-refractivity contribution in [2.24, 2.45) is 0 Å². The number of carbonyl (C=O) groups is 1. The maximum Gasteiger partial charge on any atom is 0.329 e. The standard InChI is InChI=1S/C23H27ClN4O4S/c1-15(2)28-20-9-8-18(33(31,32)26-10-4-5-11-26)13-21(20)27(23(28)30)14-22(29)25-19-12-17(24)7-6-16(19)3/h6-9,12-13,15H,4-5,10-11,14H2,1-3H3,(H,25,29). The Hall–Kier alpha value is -2.62. The minimum Gasteiger partial charge on any atom is -0.324 e. The van der Waals surface area contributed by atoms with Crippen LogP contribution in [0.15, 0.2) is 46.1 Å². The Morgan fingerprint density at radius 1 is 1.09 bits per heavy atom. The molecule has 10 heteroatoms. The molecule has 2 heterocycles. The summed E-state index contributed by atoms with van der Waals surface area (Å²) in [5.74, 6) is -0.405. The second kappa shape index (κ2) is 8.96. The van der Waals surface area contributed by atoms with E-state index < -0.39 is 15.9 Å². The molecule has 0 saturated carbocycles. The van der Waals surface area contributed by atoms with E-state index >= 15 is 0 Å². The average molecular weight is 491 g/mol. The van der Waals surface area contributed by atoms with Crippen LogP contribution in [0.2, 0.25) is 5.02 Å². The highest BCUT2D eigenvalue weighted by atomic mass is 35.5. The summed E-state index contributed by atoms with van der Waals surface area (Å²) >= 11 is 6.05. The molecule has 1 N–H and O–H groups in total. The molecular weight excluding hydrogens is 464 g/mol. The number of aryl methyl sites for hydroxylation is 1. The predicted octanol–water partition coefficient (Wildman–Crippen LogP) is 3.77. The monoisotopic (exact) mass is 490 g/mol. The third-order valence-electron chi connectivity index (χ3n) is 5.93. The number of amides is 1. The fraction of sp³-hybridized carbons (Fsp3) is 0.391. The van der Waals surface area contributed by atoms with Crippen LogP contribution in [0.1, 0.15) is 38.3 Å². The van der Waals surface area contributed by atoms with Crippen molar-refractivity contribution in [3.05, 3.63) is 57.5 Å². The summed E-state index contributed by atoms with van der Waals surface area (Å²) in [6.07, 6.45) is 1.66. The Morgan fingerprint density at radius 2 is 1.79 bits per heavy atom. The maximum atomic E-state index is 13.2. The topological polar surface area (TPSA) is 93.4 Å². The van der Waals surface area contributed by atoms with Gasteiger partial charge in [-0.15, -0.1) is 0 Å². The van der Waals surface area contributed by atoms with Crippen LogP contribution in [0, 0.1) is 6.92 Å². The third-order valence-corrected chi connectivity index (χ3v) is 8.06. The van der Waals surface area contributed by atoms with Crippen LogP contribution < -0.4 is 11.0 Å². The fourth-order valence-electron chi connectivity index (χ4n) is 4.21. The lowest BCUT2D eigenvalue weighted by Gasteiger charge is -2.16. The van der Waals surface area contributed by atoms with Gasteiger partial charge in [0.25, 0.3) is 0 Å². The van der Waals surface area contributed by atoms with Crippen LogP contribution in [-0.4, -0.2) is 40.9 Å². The van der Waals surface area contributed by atoms with Crippen molar-refractivity contribution in [3.8, 4) is 0 Å². The number of nitrogens with zero attached hydrogens (tertiary/aromatic N) is 3. The van der Waals surface area contributed by atoms with Crippen LogP contribution in [0.25, 0.3) is 11.0 Å². The molecule has 0 radical (unpaired) electrons. The van der Waals surface area contributed by atoms with Gasteiger partial charge >= 0.3 is 5.69 Å². The van der Waals surface area contributed by atoms with Crippen molar-refractivity contribution < 1.29 is 13.2 Å². The second-order valence-electron chi connectivity index (χ2n) is 8.60. The van der Waals surface area contributed by atoms with Gasteiger partial charge < -0.3 is 5.32 Å². The van der Waals surface area contributed by atoms with Crippen LogP contribution in [0.3, 0.4) is 0 Å². The summed E-state index contributed by atoms with van der Waals surface area (Å²) in [5.41, 5.74) is 2.02. The number of carbonyl (C=O) groups excluding carboxylic acids is 1. The number of aromatic nitrogens is 2. The van der Waals surface area contributed by atoms with Gasteiger partial charge in [0, 0.05) is 29.8 Å². The van der Waals surface area contributed by atoms with Crippen molar-refractivity contribution in [3.63, 3.8) is 0 Å². The Balaban J connectivity index is 1.76. The van der Waals surface area contributed by atoms with Crippen molar-refractivity contribution >= 4 is 44.3 Å². The molecule has 0 unspecified atom stereocenters. The first-order valence-electron chi connectivity index (χ1n) is 10.9. The normalized spacial score (nSPS) is 14.9. The highest BCUT2D eigenvalue weighted by molar-refractivity contribution is 7.89. The molecule has 4 rings (SSSR count). The molecule has 1 aliphatic rings. The maximum absolute atomic E-state index is 13.2. The van der Waals surface area contributed by atoms with Gasteiger partial charge in [-0.3, -0.25) is 13.9 Å². The number of nitrogens with one attached hydrogen (secondary N) is 1. The highest BCUT2D eigenvalue weighted by Crippen LogP contribution is 2.26. The first-order chi connectivity index (χ1) is 15.6. The predicted molar refractivity (Wildman–Crippen MR) is 129 cm³/mol. The molecule has 0 spiro atoms. The molecule has 2 aromatic carbocycles. The summed E-state index contributed by atoms with van der Waals surface area (Å²) in [6, 6.07) is 9.69. The van der Waals surface area contributed by atoms with Gasteiger partial charge in [-0.05, 0) is 69.5 Å². The van der Waals surface area contributed by atoms with Gasteiger partial charge in [-0.1, -0.05) is 17.7 Å². The molecule has 1 amide bonds. The SMILES string of the molecule is Cc1ccc(Cl)cc1NC(=O)Cn1c(=O)n(C(C)C)c2ccc(S(=O)(=O)N3CCCC3)cc21. The number of benzene rings is 2. The van der Waals surface area contributed by atoms with Crippen LogP contribution in [-0.2, 0) is 21.4 Å². The minimum atomic E-state index is -3.66. The van der Waals surface area contributed by atoms with Crippen LogP contribution in [0.4, 0.5) is 5.69 Å². The van der Waals surface area contributed by atoms with Crippen molar-refractivity contribution in [2.75, 3.05) is 18.4 Å². The number of sulfonamides is 1. The van der Waals surface area contributed by atoms with E-state index in [0.717, 1.165) is 18.4 Å². The third kappa shape index (κ3) is 4.45. The first-order valence-corrected chi connectivity index (χ1v) is 12.7. The Bertz CT molecular complexity index is 1390. The van der Waals surface area contributed by atoms with E-state index in [9.17, 15) is 18.0 Å². The Morgan fingerprint density at radius 3 is 2.45 bits per heavy atom. The van der Waals surface area contributed by atoms with E-state index in [0.29, 0.717) is 34.8 Å². The quantitative estimate of drug-likeness (QED) is 0.569. The lowest BCUT2D eigenvalue weighted by molar-refractivity contribution is -0.116. The summed E-state index contributed by atoms with van der Waals surface area (Å²) < 4.78 is 30.5. The second-order valence-corrected chi connectivity index (χ2v) is 11.0. The smallest absolute Gasteiger partial charge is 0.324 e. The fourth-order valence-corrected chi connectivity index (χ4v) is 5.92. The Kier molecular flexibility index (Phi) is 6.39. The molecular formula is C23H27ClN4O4S. The molecule has 0 atom stereocenters. The zero-order valence-electron chi connectivity index (χ0n) is 18.8. The van der Waals surface area contributed by atoms with Crippen molar-refractivity contribution in [1.82, 2.24) is 13.4 Å². The number of anilines is 1. The largest absolute Gasteiger partial charge is 0.329 e. The average Bonchev–Trinajstić information content (AvgIpc) is 3.38. The van der Waals surface area contributed by atoms with E-state index in [-0.39, 0.29) is 23.2 Å². The first kappa shape index (κ1) is 23.5. The van der Waals surface area contributed by atoms with Crippen LogP contribution >= 0.6 is 11.6 Å². The van der Waals surface area contributed by atoms with E-state index in [1.165, 1.54) is 21.0 Å². The number of hydrogen-bond donors (Lipinski definition) is 1. The minimum absolute atomic E-state index is 0.123. The van der Waals surface area contributed by atoms with Crippen molar-refractivity contribution in [2.45, 2.75) is 51.1 Å². The molecule has 33 heavy (non-hydrogen) atoms. The molecule has 1 aliphatic heterocycles. The van der Waals surface area contributed by atoms with Gasteiger partial charge in [0.1, 0.15) is 6.54 Å². The van der Waals surface area contributed by atoms with E-state index in [1.54, 1.807) is 28.8 Å². The number of halogens is 1. The van der Waals surface area contributed by atoms with Gasteiger partial charge in [0.05, 0.1) is 15.9 Å². The van der Waals surface area contributed by atoms with E-state index in [1.807, 2.05) is 20.8 Å². The molecule has 8 nitrogen and oxygen atoms in total. The van der Waals surface area contributed by atoms with Gasteiger partial charge in [-0.2, -0.15) is 4.31 Å². The number of hydrogen-bond acceptors (Lipinski definition) is 4. The lowest BCUT2D eigenvalue weighted by atomic mass is 10.2. The molecule has 1 saturated heterocycles. The molecule has 176 valence electrons. The number of imidazole rings is 1. The summed E-state index contributed by atoms with van der Waals surface area (Å²) in [7, 11) is -3.66. The molecule has 3 aromatic rings. The summed E-state index contributed by atoms with van der Waals surface area (Å²) in [4.78, 5) is 26.2. The van der Waals surface area contributed by atoms with Gasteiger partial charge in [0.15, 0.2) is 0 Å². The molecule has 0 aliphatic carbocycles. The molecule has 1 aromatic heterocycles. The molecule has 0 bridgehead atoms. The summed E-state index contributed by atoms with van der Waals surface area (Å²) in [6.45, 7) is 6.31. The lowest BCUT2D eigenvalue weighted by Crippen LogP contribution is -2.30. The zero-order valence-corrected chi connectivity index (χ0v) is 20.4. The number of fused-ring (bicyclic) bond motifs is 1. The Labute approximate surface area is 197 Å². The number of rotatable bonds is 6. The molecule has 1 fully saturated rings. The van der Waals surface area contributed by atoms with Crippen LogP contribution in [0.5, 0.6) is 0 Å². The van der Waals surface area contributed by atoms with E-state index in [4.69, 9.17) is 11.6 Å². The summed E-state index contributed by atoms with van der Waals surface area (Å²) in [5, 5.41) is 3.29. The highest BCUT2D eigenvalue weighted by Gasteiger charge is 2.28. The zero-order chi connectivity index (χ0) is 23.9. The van der Waals surface area contributed by atoms with Crippen molar-refractivity contribution in [1.29, 1.82) is 0 Å². The van der Waals surface area contributed by atoms with Gasteiger partial charge in [0.2, 0.25) is 15.9 Å².